The van der Waals surface area contributed by atoms with Gasteiger partial charge in [-0.25, -0.2) is 15.0 Å². The summed E-state index contributed by atoms with van der Waals surface area (Å²) in [5.41, 5.74) is 6.46. The summed E-state index contributed by atoms with van der Waals surface area (Å²) in [6, 6.07) is 45.0. The Morgan fingerprint density at radius 3 is 1.77 bits per heavy atom. The van der Waals surface area contributed by atoms with Crippen LogP contribution in [0.4, 0.5) is 13.2 Å². The molecule has 7 heteroatoms. The third-order valence-electron chi connectivity index (χ3n) is 8.53. The second kappa shape index (κ2) is 11.6. The monoisotopic (exact) mass is 632 g/mol. The molecule has 0 saturated carbocycles. The SMILES string of the molecule is Cc1ccc2c(c1)c1ccccc1n2-c1ccc(-c2cccc(C(F)(F)F)c2)c(-c2nc(-c3ccccc3)nc(-c3ccccc3)n2)c1. The van der Waals surface area contributed by atoms with Crippen molar-refractivity contribution in [2.45, 2.75) is 13.1 Å². The lowest BCUT2D eigenvalue weighted by Crippen LogP contribution is -2.05. The van der Waals surface area contributed by atoms with Crippen LogP contribution in [0.3, 0.4) is 0 Å². The molecular formula is C41H27F3N4. The van der Waals surface area contributed by atoms with E-state index in [0.29, 0.717) is 34.2 Å². The standard InChI is InChI=1S/C41H27F3N4/c1-26-19-22-37-34(23-26)33-17-8-9-18-36(33)48(37)31-20-21-32(29-15-10-16-30(24-29)41(42,43)44)35(25-31)40-46-38(27-11-4-2-5-12-27)45-39(47-40)28-13-6-3-7-14-28/h2-25H,1H3. The number of aromatic nitrogens is 4. The predicted molar refractivity (Wildman–Crippen MR) is 186 cm³/mol. The van der Waals surface area contributed by atoms with E-state index in [-0.39, 0.29) is 0 Å². The first kappa shape index (κ1) is 29.3. The van der Waals surface area contributed by atoms with E-state index in [9.17, 15) is 13.2 Å². The molecular weight excluding hydrogens is 605 g/mol. The Balaban J connectivity index is 1.43. The van der Waals surface area contributed by atoms with Crippen LogP contribution in [-0.2, 0) is 6.18 Å². The van der Waals surface area contributed by atoms with Gasteiger partial charge in [-0.15, -0.1) is 0 Å². The van der Waals surface area contributed by atoms with Gasteiger partial charge in [-0.05, 0) is 60.5 Å². The smallest absolute Gasteiger partial charge is 0.309 e. The molecule has 8 rings (SSSR count). The molecule has 8 aromatic rings. The van der Waals surface area contributed by atoms with Crippen molar-refractivity contribution in [3.05, 3.63) is 157 Å². The first-order valence-electron chi connectivity index (χ1n) is 15.5. The van der Waals surface area contributed by atoms with E-state index in [0.717, 1.165) is 50.2 Å². The Morgan fingerprint density at radius 1 is 0.479 bits per heavy atom. The van der Waals surface area contributed by atoms with E-state index in [4.69, 9.17) is 15.0 Å². The maximum atomic E-state index is 13.9. The summed E-state index contributed by atoms with van der Waals surface area (Å²) in [5.74, 6) is 1.29. The zero-order valence-electron chi connectivity index (χ0n) is 25.8. The zero-order valence-corrected chi connectivity index (χ0v) is 25.8. The van der Waals surface area contributed by atoms with E-state index in [1.807, 2.05) is 91.0 Å². The molecule has 2 heterocycles. The molecule has 0 fully saturated rings. The van der Waals surface area contributed by atoms with Gasteiger partial charge < -0.3 is 4.57 Å². The molecule has 6 aromatic carbocycles. The normalized spacial score (nSPS) is 11.8. The lowest BCUT2D eigenvalue weighted by atomic mass is 9.96. The Hall–Kier alpha value is -6.08. The fourth-order valence-electron chi connectivity index (χ4n) is 6.27. The number of aryl methyl sites for hydroxylation is 1. The molecule has 0 aliphatic carbocycles. The summed E-state index contributed by atoms with van der Waals surface area (Å²) in [4.78, 5) is 14.8. The minimum absolute atomic E-state index is 0.355. The highest BCUT2D eigenvalue weighted by Gasteiger charge is 2.31. The van der Waals surface area contributed by atoms with Gasteiger partial charge in [-0.3, -0.25) is 0 Å². The summed E-state index contributed by atoms with van der Waals surface area (Å²) in [6.07, 6.45) is -4.49. The minimum atomic E-state index is -4.49. The molecule has 0 aliphatic heterocycles. The number of alkyl halides is 3. The highest BCUT2D eigenvalue weighted by atomic mass is 19.4. The van der Waals surface area contributed by atoms with Crippen molar-refractivity contribution < 1.29 is 13.2 Å². The summed E-state index contributed by atoms with van der Waals surface area (Å²) in [5, 5.41) is 2.23. The predicted octanol–water partition coefficient (Wildman–Crippen LogP) is 11.0. The Kier molecular flexibility index (Phi) is 7.10. The molecule has 2 aromatic heterocycles. The molecule has 0 amide bonds. The average molecular weight is 633 g/mol. The van der Waals surface area contributed by atoms with Crippen LogP contribution in [0.25, 0.3) is 72.8 Å². The number of hydrogen-bond donors (Lipinski definition) is 0. The first-order valence-corrected chi connectivity index (χ1v) is 15.5. The van der Waals surface area contributed by atoms with Gasteiger partial charge in [0.15, 0.2) is 17.5 Å². The molecule has 0 spiro atoms. The van der Waals surface area contributed by atoms with Crippen LogP contribution in [0.1, 0.15) is 11.1 Å². The van der Waals surface area contributed by atoms with Gasteiger partial charge in [0.1, 0.15) is 0 Å². The fourth-order valence-corrected chi connectivity index (χ4v) is 6.27. The van der Waals surface area contributed by atoms with Crippen LogP contribution in [-0.4, -0.2) is 19.5 Å². The van der Waals surface area contributed by atoms with Crippen molar-refractivity contribution in [1.29, 1.82) is 0 Å². The summed E-state index contributed by atoms with van der Waals surface area (Å²) < 4.78 is 44.0. The molecule has 0 N–H and O–H groups in total. The molecule has 232 valence electrons. The fraction of sp³-hybridized carbons (Fsp3) is 0.0488. The lowest BCUT2D eigenvalue weighted by molar-refractivity contribution is -0.137. The Bertz CT molecular complexity index is 2390. The lowest BCUT2D eigenvalue weighted by Gasteiger charge is -2.16. The number of rotatable bonds is 5. The first-order chi connectivity index (χ1) is 23.3. The number of hydrogen-bond acceptors (Lipinski definition) is 3. The average Bonchev–Trinajstić information content (AvgIpc) is 3.45. The number of fused-ring (bicyclic) bond motifs is 3. The second-order valence-electron chi connectivity index (χ2n) is 11.7. The molecule has 0 bridgehead atoms. The van der Waals surface area contributed by atoms with Crippen molar-refractivity contribution in [2.75, 3.05) is 0 Å². The number of benzene rings is 6. The van der Waals surface area contributed by atoms with Gasteiger partial charge in [0.2, 0.25) is 0 Å². The molecule has 0 aliphatic rings. The largest absolute Gasteiger partial charge is 0.416 e. The molecule has 0 unspecified atom stereocenters. The van der Waals surface area contributed by atoms with Crippen LogP contribution >= 0.6 is 0 Å². The van der Waals surface area contributed by atoms with Crippen LogP contribution in [0, 0.1) is 6.92 Å². The molecule has 4 nitrogen and oxygen atoms in total. The van der Waals surface area contributed by atoms with Gasteiger partial charge >= 0.3 is 6.18 Å². The number of halogens is 3. The van der Waals surface area contributed by atoms with E-state index >= 15 is 0 Å². The Labute approximate surface area is 274 Å². The number of para-hydroxylation sites is 1. The van der Waals surface area contributed by atoms with Crippen molar-refractivity contribution in [2.24, 2.45) is 0 Å². The Morgan fingerprint density at radius 2 is 1.08 bits per heavy atom. The van der Waals surface area contributed by atoms with Gasteiger partial charge in [0, 0.05) is 33.2 Å². The van der Waals surface area contributed by atoms with Gasteiger partial charge in [0.05, 0.1) is 16.6 Å². The summed E-state index contributed by atoms with van der Waals surface area (Å²) >= 11 is 0. The van der Waals surface area contributed by atoms with Crippen LogP contribution in [0.5, 0.6) is 0 Å². The van der Waals surface area contributed by atoms with E-state index in [1.165, 1.54) is 12.1 Å². The van der Waals surface area contributed by atoms with Gasteiger partial charge in [-0.2, -0.15) is 13.2 Å². The number of nitrogens with zero attached hydrogens (tertiary/aromatic N) is 4. The quantitative estimate of drug-likeness (QED) is 0.190. The van der Waals surface area contributed by atoms with Crippen molar-refractivity contribution in [1.82, 2.24) is 19.5 Å². The second-order valence-corrected chi connectivity index (χ2v) is 11.7. The molecule has 48 heavy (non-hydrogen) atoms. The third-order valence-corrected chi connectivity index (χ3v) is 8.53. The third kappa shape index (κ3) is 5.29. The van der Waals surface area contributed by atoms with E-state index < -0.39 is 11.7 Å². The van der Waals surface area contributed by atoms with Crippen LogP contribution in [0.15, 0.2) is 146 Å². The van der Waals surface area contributed by atoms with Gasteiger partial charge in [-0.1, -0.05) is 109 Å². The maximum Gasteiger partial charge on any atom is 0.416 e. The zero-order chi connectivity index (χ0) is 32.8. The summed E-state index contributed by atoms with van der Waals surface area (Å²) in [6.45, 7) is 2.07. The highest BCUT2D eigenvalue weighted by Crippen LogP contribution is 2.39. The van der Waals surface area contributed by atoms with E-state index in [2.05, 4.69) is 41.8 Å². The topological polar surface area (TPSA) is 43.6 Å². The minimum Gasteiger partial charge on any atom is -0.309 e. The maximum absolute atomic E-state index is 13.9. The van der Waals surface area contributed by atoms with Crippen molar-refractivity contribution in [3.63, 3.8) is 0 Å². The van der Waals surface area contributed by atoms with Gasteiger partial charge in [0.25, 0.3) is 0 Å². The molecule has 0 saturated heterocycles. The van der Waals surface area contributed by atoms with Crippen molar-refractivity contribution in [3.8, 4) is 51.0 Å². The van der Waals surface area contributed by atoms with E-state index in [1.54, 1.807) is 6.07 Å². The highest BCUT2D eigenvalue weighted by molar-refractivity contribution is 6.09. The molecule has 0 radical (unpaired) electrons. The van der Waals surface area contributed by atoms with Crippen LogP contribution < -0.4 is 0 Å². The summed E-state index contributed by atoms with van der Waals surface area (Å²) in [7, 11) is 0. The van der Waals surface area contributed by atoms with Crippen molar-refractivity contribution >= 4 is 21.8 Å². The van der Waals surface area contributed by atoms with Crippen LogP contribution in [0.2, 0.25) is 0 Å². The molecule has 0 atom stereocenters.